The van der Waals surface area contributed by atoms with Crippen LogP contribution in [0.1, 0.15) is 51.4 Å². The first-order chi connectivity index (χ1) is 24.3. The average molecular weight is 700 g/mol. The number of hydrogen-bond donors (Lipinski definition) is 0. The molecule has 6 rings (SSSR count). The van der Waals surface area contributed by atoms with E-state index in [4.69, 9.17) is 9.47 Å². The summed E-state index contributed by atoms with van der Waals surface area (Å²) < 4.78 is 56.3. The number of amides is 2. The molecule has 0 spiro atoms. The van der Waals surface area contributed by atoms with Gasteiger partial charge >= 0.3 is 0 Å². The lowest BCUT2D eigenvalue weighted by Crippen LogP contribution is -2.48. The molecule has 1 saturated heterocycles. The monoisotopic (exact) mass is 699 g/mol. The van der Waals surface area contributed by atoms with E-state index in [0.717, 1.165) is 53.7 Å². The van der Waals surface area contributed by atoms with Crippen molar-refractivity contribution in [3.05, 3.63) is 112 Å². The van der Waals surface area contributed by atoms with Crippen molar-refractivity contribution < 1.29 is 32.2 Å². The molecule has 0 N–H and O–H groups in total. The zero-order chi connectivity index (χ0) is 36.6. The molecule has 0 unspecified atom stereocenters. The van der Waals surface area contributed by atoms with E-state index in [-0.39, 0.29) is 23.6 Å². The highest BCUT2D eigenvalue weighted by atomic mass is 19.2. The number of nitrogens with zero attached hydrogens (tertiary/aromatic N) is 5. The summed E-state index contributed by atoms with van der Waals surface area (Å²) in [5.74, 6) is -3.18. The van der Waals surface area contributed by atoms with Crippen LogP contribution in [-0.4, -0.2) is 70.5 Å². The van der Waals surface area contributed by atoms with Crippen LogP contribution in [0.15, 0.2) is 66.9 Å². The van der Waals surface area contributed by atoms with Gasteiger partial charge in [-0.3, -0.25) is 14.5 Å². The molecule has 1 aliphatic heterocycles. The summed E-state index contributed by atoms with van der Waals surface area (Å²) >= 11 is 0. The van der Waals surface area contributed by atoms with Gasteiger partial charge < -0.3 is 23.8 Å². The molecule has 1 aliphatic rings. The number of rotatable bonds is 9. The van der Waals surface area contributed by atoms with Crippen molar-refractivity contribution >= 4 is 28.4 Å². The Labute approximate surface area is 294 Å². The number of fused-ring (bicyclic) bond motifs is 1. The number of halogens is 3. The first-order valence-electron chi connectivity index (χ1n) is 16.7. The molecule has 9 nitrogen and oxygen atoms in total. The third-order valence-corrected chi connectivity index (χ3v) is 9.27. The van der Waals surface area contributed by atoms with Crippen LogP contribution in [0.3, 0.4) is 0 Å². The molecular weight excluding hydrogens is 659 g/mol. The van der Waals surface area contributed by atoms with Crippen LogP contribution in [0.4, 0.5) is 18.9 Å². The van der Waals surface area contributed by atoms with Crippen LogP contribution in [-0.2, 0) is 13.6 Å². The zero-order valence-electron chi connectivity index (χ0n) is 29.5. The van der Waals surface area contributed by atoms with Crippen molar-refractivity contribution in [2.45, 2.75) is 40.3 Å². The molecule has 0 atom stereocenters. The van der Waals surface area contributed by atoms with Crippen LogP contribution in [0, 0.1) is 31.3 Å². The second-order valence-electron chi connectivity index (χ2n) is 13.1. The summed E-state index contributed by atoms with van der Waals surface area (Å²) in [5, 5.41) is 0.864. The van der Waals surface area contributed by atoms with E-state index in [1.165, 1.54) is 30.9 Å². The number of aromatic nitrogens is 2. The molecule has 51 heavy (non-hydrogen) atoms. The van der Waals surface area contributed by atoms with Crippen molar-refractivity contribution in [2.75, 3.05) is 38.1 Å². The van der Waals surface area contributed by atoms with Crippen molar-refractivity contribution in [3.8, 4) is 17.4 Å². The number of carbonyl (C=O) groups excluding carboxylic acids is 2. The lowest BCUT2D eigenvalue weighted by Gasteiger charge is -2.34. The maximum Gasteiger partial charge on any atom is 0.270 e. The van der Waals surface area contributed by atoms with Gasteiger partial charge in [-0.05, 0) is 75.7 Å². The fraction of sp³-hybridized carbons (Fsp3) is 0.308. The minimum atomic E-state index is -1.41. The van der Waals surface area contributed by atoms with Crippen molar-refractivity contribution in [1.29, 1.82) is 0 Å². The molecule has 0 saturated carbocycles. The van der Waals surface area contributed by atoms with Gasteiger partial charge in [-0.1, -0.05) is 12.1 Å². The quantitative estimate of drug-likeness (QED) is 0.149. The largest absolute Gasteiger partial charge is 0.491 e. The van der Waals surface area contributed by atoms with E-state index in [9.17, 15) is 22.8 Å². The van der Waals surface area contributed by atoms with Gasteiger partial charge in [0.15, 0.2) is 11.6 Å². The predicted octanol–water partition coefficient (Wildman–Crippen LogP) is 7.42. The van der Waals surface area contributed by atoms with Crippen LogP contribution >= 0.6 is 0 Å². The highest BCUT2D eigenvalue weighted by Crippen LogP contribution is 2.33. The van der Waals surface area contributed by atoms with Gasteiger partial charge in [0.2, 0.25) is 5.88 Å². The third kappa shape index (κ3) is 7.27. The molecule has 3 heterocycles. The molecule has 5 aromatic rings. The van der Waals surface area contributed by atoms with E-state index in [1.54, 1.807) is 6.07 Å². The SMILES string of the molecule is Cc1c(F)cc(C(=O)N(C)c2ccc(Oc3ccc4c(cc(C(=O)N5CCN(Cc6ccc(OC(C)C)cc6)CC5)n4C)c3C)nc2)c(F)c1F. The Balaban J connectivity index is 1.10. The molecule has 0 radical (unpaired) electrons. The smallest absolute Gasteiger partial charge is 0.270 e. The van der Waals surface area contributed by atoms with Gasteiger partial charge in [0.1, 0.15) is 23.0 Å². The van der Waals surface area contributed by atoms with Gasteiger partial charge in [-0.2, -0.15) is 0 Å². The van der Waals surface area contributed by atoms with Gasteiger partial charge in [-0.15, -0.1) is 0 Å². The Hall–Kier alpha value is -5.36. The first kappa shape index (κ1) is 35.5. The number of benzene rings is 3. The molecule has 0 bridgehead atoms. The minimum absolute atomic E-state index is 0.0303. The normalized spacial score (nSPS) is 13.6. The molecule has 3 aromatic carbocycles. The number of piperazine rings is 1. The molecule has 2 amide bonds. The Morgan fingerprint density at radius 1 is 0.902 bits per heavy atom. The molecule has 2 aromatic heterocycles. The maximum absolute atomic E-state index is 14.5. The molecule has 12 heteroatoms. The molecule has 1 fully saturated rings. The lowest BCUT2D eigenvalue weighted by atomic mass is 10.1. The summed E-state index contributed by atoms with van der Waals surface area (Å²) in [4.78, 5) is 36.2. The second-order valence-corrected chi connectivity index (χ2v) is 13.1. The van der Waals surface area contributed by atoms with Crippen molar-refractivity contribution in [3.63, 3.8) is 0 Å². The van der Waals surface area contributed by atoms with E-state index in [1.807, 2.05) is 61.6 Å². The highest BCUT2D eigenvalue weighted by Gasteiger charge is 2.26. The van der Waals surface area contributed by atoms with Crippen molar-refractivity contribution in [2.24, 2.45) is 7.05 Å². The number of ether oxygens (including phenoxy) is 2. The highest BCUT2D eigenvalue weighted by molar-refractivity contribution is 6.06. The lowest BCUT2D eigenvalue weighted by molar-refractivity contribution is 0.0619. The fourth-order valence-electron chi connectivity index (χ4n) is 6.21. The van der Waals surface area contributed by atoms with Crippen LogP contribution in [0.5, 0.6) is 17.4 Å². The van der Waals surface area contributed by atoms with Crippen LogP contribution < -0.4 is 14.4 Å². The van der Waals surface area contributed by atoms with Crippen LogP contribution in [0.25, 0.3) is 10.9 Å². The topological polar surface area (TPSA) is 80.1 Å². The van der Waals surface area contributed by atoms with Gasteiger partial charge in [0, 0.05) is 74.9 Å². The molecule has 266 valence electrons. The van der Waals surface area contributed by atoms with Crippen LogP contribution in [0.2, 0.25) is 0 Å². The summed E-state index contributed by atoms with van der Waals surface area (Å²) in [7, 11) is 3.23. The minimum Gasteiger partial charge on any atom is -0.491 e. The first-order valence-corrected chi connectivity index (χ1v) is 16.7. The number of carbonyl (C=O) groups is 2. The summed E-state index contributed by atoms with van der Waals surface area (Å²) in [6.07, 6.45) is 1.47. The van der Waals surface area contributed by atoms with Gasteiger partial charge in [0.05, 0.1) is 23.6 Å². The predicted molar refractivity (Wildman–Crippen MR) is 189 cm³/mol. The Morgan fingerprint density at radius 2 is 1.61 bits per heavy atom. The summed E-state index contributed by atoms with van der Waals surface area (Å²) in [6.45, 7) is 10.6. The number of pyridine rings is 1. The van der Waals surface area contributed by atoms with E-state index < -0.39 is 34.5 Å². The average Bonchev–Trinajstić information content (AvgIpc) is 3.47. The number of aryl methyl sites for hydroxylation is 2. The second kappa shape index (κ2) is 14.5. The van der Waals surface area contributed by atoms with Gasteiger partial charge in [-0.25, -0.2) is 18.2 Å². The number of anilines is 1. The third-order valence-electron chi connectivity index (χ3n) is 9.27. The van der Waals surface area contributed by atoms with E-state index in [0.29, 0.717) is 30.6 Å². The fourth-order valence-corrected chi connectivity index (χ4v) is 6.21. The van der Waals surface area contributed by atoms with Gasteiger partial charge in [0.25, 0.3) is 11.8 Å². The number of hydrogen-bond acceptors (Lipinski definition) is 6. The Kier molecular flexibility index (Phi) is 10.1. The summed E-state index contributed by atoms with van der Waals surface area (Å²) in [5.41, 5.74) is 2.52. The Morgan fingerprint density at radius 3 is 2.25 bits per heavy atom. The zero-order valence-corrected chi connectivity index (χ0v) is 29.5. The molecule has 0 aliphatic carbocycles. The summed E-state index contributed by atoms with van der Waals surface area (Å²) in [6, 6.07) is 17.5. The van der Waals surface area contributed by atoms with E-state index >= 15 is 0 Å². The molecular formula is C39H40F3N5O4. The Bertz CT molecular complexity index is 2090. The maximum atomic E-state index is 14.5. The van der Waals surface area contributed by atoms with Crippen molar-refractivity contribution in [1.82, 2.24) is 19.4 Å². The van der Waals surface area contributed by atoms with E-state index in [2.05, 4.69) is 22.0 Å². The standard InChI is InChI=1S/C39H40F3N5O4/c1-23(2)50-28-10-7-26(8-11-28)22-46-15-17-47(18-16-46)39(49)33-20-29-24(3)34(13-12-32(29)45(33)6)51-35-14-9-27(21-43-35)44(5)38(48)30-19-31(40)25(4)36(41)37(30)42/h7-14,19-21,23H,15-18,22H2,1-6H3.